The Kier molecular flexibility index (Phi) is 13.9. The number of furan rings is 1. The van der Waals surface area contributed by atoms with Crippen molar-refractivity contribution in [1.29, 1.82) is 0 Å². The molecular formula is C70H65IrN5O+. The van der Waals surface area contributed by atoms with Crippen LogP contribution in [0.15, 0.2) is 174 Å². The summed E-state index contributed by atoms with van der Waals surface area (Å²) in [5.41, 5.74) is 21.1. The first-order chi connectivity index (χ1) is 37.4. The first kappa shape index (κ1) is 50.1. The van der Waals surface area contributed by atoms with E-state index in [1.165, 1.54) is 27.9 Å². The third kappa shape index (κ3) is 10.4. The second-order valence-electron chi connectivity index (χ2n) is 21.8. The predicted octanol–water partition coefficient (Wildman–Crippen LogP) is 17.7. The number of para-hydroxylation sites is 5. The number of pyridine rings is 1. The van der Waals surface area contributed by atoms with Gasteiger partial charge in [-0.25, -0.2) is 0 Å². The molecular weight excluding hydrogens is 1120 g/mol. The summed E-state index contributed by atoms with van der Waals surface area (Å²) < 4.78 is 29.0. The Balaban J connectivity index is 0.000000226. The van der Waals surface area contributed by atoms with Gasteiger partial charge in [-0.2, -0.15) is 0 Å². The van der Waals surface area contributed by atoms with Crippen molar-refractivity contribution in [2.75, 3.05) is 0 Å². The van der Waals surface area contributed by atoms with Crippen molar-refractivity contribution in [3.05, 3.63) is 221 Å². The summed E-state index contributed by atoms with van der Waals surface area (Å²) in [7, 11) is 0. The average Bonchev–Trinajstić information content (AvgIpc) is 3.89. The van der Waals surface area contributed by atoms with Crippen molar-refractivity contribution in [1.82, 2.24) is 19.5 Å². The van der Waals surface area contributed by atoms with Gasteiger partial charge in [-0.05, 0) is 155 Å². The summed E-state index contributed by atoms with van der Waals surface area (Å²) in [6.07, 6.45) is -1.45. The molecule has 0 saturated heterocycles. The molecule has 0 atom stereocenters. The Morgan fingerprint density at radius 3 is 2.00 bits per heavy atom. The van der Waals surface area contributed by atoms with E-state index >= 15 is 0 Å². The van der Waals surface area contributed by atoms with Gasteiger partial charge in [-0.15, -0.1) is 35.9 Å². The molecule has 0 aliphatic rings. The fourth-order valence-corrected chi connectivity index (χ4v) is 10.8. The van der Waals surface area contributed by atoms with Crippen molar-refractivity contribution in [3.8, 4) is 56.4 Å². The Morgan fingerprint density at radius 1 is 0.662 bits per heavy atom. The van der Waals surface area contributed by atoms with Crippen molar-refractivity contribution < 1.29 is 31.8 Å². The van der Waals surface area contributed by atoms with Gasteiger partial charge in [0.1, 0.15) is 5.58 Å². The van der Waals surface area contributed by atoms with E-state index in [-0.39, 0.29) is 31.9 Å². The molecule has 12 rings (SSSR count). The van der Waals surface area contributed by atoms with E-state index in [9.17, 15) is 0 Å². The van der Waals surface area contributed by atoms with E-state index in [0.717, 1.165) is 106 Å². The van der Waals surface area contributed by atoms with Crippen LogP contribution in [0.5, 0.6) is 0 Å². The first-order valence-corrected chi connectivity index (χ1v) is 26.5. The van der Waals surface area contributed by atoms with Crippen molar-refractivity contribution in [3.63, 3.8) is 0 Å². The Labute approximate surface area is 470 Å². The van der Waals surface area contributed by atoms with Gasteiger partial charge in [-0.3, -0.25) is 15.0 Å². The molecule has 0 amide bonds. The van der Waals surface area contributed by atoms with Crippen molar-refractivity contribution >= 4 is 44.0 Å². The maximum atomic E-state index is 8.82. The van der Waals surface area contributed by atoms with Crippen molar-refractivity contribution in [2.24, 2.45) is 5.41 Å². The summed E-state index contributed by atoms with van der Waals surface area (Å²) in [6, 6.07) is 65.6. The molecule has 8 aromatic carbocycles. The molecule has 0 unspecified atom stereocenters. The van der Waals surface area contributed by atoms with E-state index < -0.39 is 11.8 Å². The van der Waals surface area contributed by atoms with Crippen LogP contribution in [0.3, 0.4) is 0 Å². The average molecular weight is 1190 g/mol. The Bertz CT molecular complexity index is 4150. The van der Waals surface area contributed by atoms with Gasteiger partial charge >= 0.3 is 20.1 Å². The zero-order valence-corrected chi connectivity index (χ0v) is 48.2. The third-order valence-electron chi connectivity index (χ3n) is 14.2. The van der Waals surface area contributed by atoms with Gasteiger partial charge in [0.15, 0.2) is 0 Å². The van der Waals surface area contributed by atoms with Crippen LogP contribution in [0.25, 0.3) is 100 Å². The van der Waals surface area contributed by atoms with Gasteiger partial charge in [-0.1, -0.05) is 169 Å². The summed E-state index contributed by atoms with van der Waals surface area (Å²) in [4.78, 5) is 14.7. The minimum atomic E-state index is -1.45. The van der Waals surface area contributed by atoms with Gasteiger partial charge in [0.05, 0.1) is 33.5 Å². The molecule has 0 N–H and O–H groups in total. The van der Waals surface area contributed by atoms with Crippen LogP contribution >= 0.6 is 0 Å². The van der Waals surface area contributed by atoms with Crippen LogP contribution in [-0.4, -0.2) is 14.5 Å². The second-order valence-corrected chi connectivity index (χ2v) is 21.8. The molecule has 0 fully saturated rings. The number of imidazole rings is 2. The Morgan fingerprint density at radius 2 is 1.31 bits per heavy atom. The smallest absolute Gasteiger partial charge is 0.501 e. The van der Waals surface area contributed by atoms with Crippen LogP contribution in [-0.2, 0) is 26.5 Å². The molecule has 4 heterocycles. The number of hydrogen-bond donors (Lipinski definition) is 0. The normalized spacial score (nSPS) is 12.3. The van der Waals surface area contributed by atoms with Gasteiger partial charge in [0, 0.05) is 25.3 Å². The zero-order chi connectivity index (χ0) is 54.8. The molecule has 0 aliphatic heterocycles. The van der Waals surface area contributed by atoms with E-state index in [1.54, 1.807) is 0 Å². The number of fused-ring (bicyclic) bond motifs is 5. The number of hydrogen-bond acceptors (Lipinski definition) is 3. The molecule has 6 nitrogen and oxygen atoms in total. The second kappa shape index (κ2) is 21.4. The minimum Gasteiger partial charge on any atom is -0.501 e. The SMILES string of the molecule is Cc1[c-]c(-c2[n-]c3ccccc3[n+]2-c2c(C)cccc2C)cc(C)n1.[2H]C([2H])(c1ccc(-c2cc(C(C)C)c(-n3c(-c4[c-]ccc5c4oc4cc(-c6ccccc6)ccc45)nc4ccccc43)c(C(C)C)c2)cc1)C(C)(C)C.[Ir+3]. The number of aromatic nitrogens is 5. The number of nitrogens with zero attached hydrogens (tertiary/aromatic N) is 5. The molecule has 7 heteroatoms. The van der Waals surface area contributed by atoms with Crippen LogP contribution in [0.2, 0.25) is 0 Å². The summed E-state index contributed by atoms with van der Waals surface area (Å²) in [5.74, 6) is 2.11. The molecule has 0 aliphatic carbocycles. The minimum absolute atomic E-state index is 0. The van der Waals surface area contributed by atoms with E-state index in [0.29, 0.717) is 5.56 Å². The van der Waals surface area contributed by atoms with E-state index in [2.05, 4.69) is 201 Å². The van der Waals surface area contributed by atoms with Crippen LogP contribution in [0.1, 0.15) is 102 Å². The third-order valence-corrected chi connectivity index (χ3v) is 14.2. The maximum Gasteiger partial charge on any atom is 3.00 e. The molecule has 384 valence electrons. The predicted molar refractivity (Wildman–Crippen MR) is 315 cm³/mol. The van der Waals surface area contributed by atoms with E-state index in [4.69, 9.17) is 17.1 Å². The van der Waals surface area contributed by atoms with Crippen LogP contribution in [0.4, 0.5) is 0 Å². The summed E-state index contributed by atoms with van der Waals surface area (Å²) in [5, 5.41) is 2.10. The molecule has 0 spiro atoms. The summed E-state index contributed by atoms with van der Waals surface area (Å²) >= 11 is 0. The Hall–Kier alpha value is -7.70. The topological polar surface area (TPSA) is 61.8 Å². The van der Waals surface area contributed by atoms with E-state index in [1.807, 2.05) is 71.0 Å². The number of rotatable bonds is 9. The molecule has 12 aromatic rings. The maximum absolute atomic E-state index is 8.82. The van der Waals surface area contributed by atoms with Crippen LogP contribution < -0.4 is 9.55 Å². The first-order valence-electron chi connectivity index (χ1n) is 27.5. The zero-order valence-electron chi connectivity index (χ0n) is 47.8. The molecule has 0 radical (unpaired) electrons. The standard InChI is InChI=1S/C48H45N2O.C22H20N3.Ir/c1-30(2)40-26-36(34-22-20-32(21-23-34)29-48(5,6)7)27-41(31(3)4)45(40)50-43-19-12-11-18-42(43)49-47(50)39-17-13-16-38-37-25-24-35(28-44(37)51-46(38)39)33-14-9-8-10-15-33;1-14-8-7-9-15(2)21(14)25-20-11-6-5-10-19(20)24-22(25)18-12-16(3)23-17(4)13-18;/h8-16,18-28,30-31H,29H2,1-7H3;5-12H,1-4H3;/q2*-1;+3/i29D2;;. The largest absolute Gasteiger partial charge is 3.00 e. The van der Waals surface area contributed by atoms with Crippen LogP contribution in [0, 0.1) is 45.2 Å². The number of aryl methyl sites for hydroxylation is 4. The van der Waals surface area contributed by atoms with Gasteiger partial charge < -0.3 is 13.6 Å². The monoisotopic (exact) mass is 1190 g/mol. The number of benzene rings is 8. The fourth-order valence-electron chi connectivity index (χ4n) is 10.8. The molecule has 4 aromatic heterocycles. The van der Waals surface area contributed by atoms with Gasteiger partial charge in [0.25, 0.3) is 0 Å². The molecule has 0 saturated carbocycles. The quantitative estimate of drug-likeness (QED) is 0.107. The summed E-state index contributed by atoms with van der Waals surface area (Å²) in [6.45, 7) is 23.1. The molecule has 77 heavy (non-hydrogen) atoms. The van der Waals surface area contributed by atoms with Crippen molar-refractivity contribution in [2.45, 2.75) is 94.4 Å². The molecule has 0 bridgehead atoms. The fraction of sp³-hybridized carbons (Fsp3) is 0.214. The van der Waals surface area contributed by atoms with Gasteiger partial charge in [0.2, 0.25) is 0 Å².